The molecule has 1 aliphatic heterocycles. The van der Waals surface area contributed by atoms with Gasteiger partial charge in [0, 0.05) is 58.9 Å². The summed E-state index contributed by atoms with van der Waals surface area (Å²) in [6.45, 7) is 3.60. The highest BCUT2D eigenvalue weighted by atomic mass is 16.5. The lowest BCUT2D eigenvalue weighted by Gasteiger charge is -2.36. The summed E-state index contributed by atoms with van der Waals surface area (Å²) in [5.74, 6) is -4.85. The molecule has 1 aromatic rings. The van der Waals surface area contributed by atoms with Crippen LogP contribution in [-0.2, 0) is 14.4 Å². The van der Waals surface area contributed by atoms with E-state index in [9.17, 15) is 39.9 Å². The van der Waals surface area contributed by atoms with Crippen LogP contribution in [-0.4, -0.2) is 130 Å². The lowest BCUT2D eigenvalue weighted by Crippen LogP contribution is -2.67. The Labute approximate surface area is 247 Å². The van der Waals surface area contributed by atoms with Crippen molar-refractivity contribution in [1.82, 2.24) is 20.4 Å². The van der Waals surface area contributed by atoms with Gasteiger partial charge in [-0.05, 0) is 37.1 Å². The first-order chi connectivity index (χ1) is 20.2. The molecule has 13 heteroatoms. The maximum Gasteiger partial charge on any atom is 0.347 e. The Morgan fingerprint density at radius 1 is 0.762 bits per heavy atom. The minimum absolute atomic E-state index is 0.0767. The third-order valence-electron chi connectivity index (χ3n) is 7.49. The smallest absolute Gasteiger partial charge is 0.347 e. The van der Waals surface area contributed by atoms with E-state index in [4.69, 9.17) is 4.74 Å². The molecule has 1 aromatic carbocycles. The van der Waals surface area contributed by atoms with E-state index in [2.05, 4.69) is 10.6 Å². The minimum Gasteiger partial charge on any atom is -0.508 e. The number of aliphatic hydroxyl groups excluding tert-OH is 1. The lowest BCUT2D eigenvalue weighted by atomic mass is 9.97. The molecule has 13 nitrogen and oxygen atoms in total. The number of aromatic hydroxyl groups is 1. The number of benzene rings is 1. The van der Waals surface area contributed by atoms with Gasteiger partial charge < -0.3 is 40.9 Å². The van der Waals surface area contributed by atoms with Crippen molar-refractivity contribution in [2.24, 2.45) is 0 Å². The van der Waals surface area contributed by atoms with Gasteiger partial charge in [0.15, 0.2) is 0 Å². The molecule has 2 rings (SSSR count). The summed E-state index contributed by atoms with van der Waals surface area (Å²) in [5, 5.41) is 55.4. The third kappa shape index (κ3) is 11.7. The van der Waals surface area contributed by atoms with Gasteiger partial charge in [-0.3, -0.25) is 9.80 Å². The summed E-state index contributed by atoms with van der Waals surface area (Å²) in [7, 11) is 0. The highest BCUT2D eigenvalue weighted by Crippen LogP contribution is 2.19. The zero-order valence-electron chi connectivity index (χ0n) is 24.4. The number of β-amino-alcohol motifs (C(OH)–C–C–N with tert-alkyl or cyclic N) is 1. The van der Waals surface area contributed by atoms with Gasteiger partial charge in [-0.15, -0.1) is 0 Å². The van der Waals surface area contributed by atoms with Crippen LogP contribution >= 0.6 is 0 Å². The van der Waals surface area contributed by atoms with E-state index in [0.29, 0.717) is 45.8 Å². The van der Waals surface area contributed by atoms with Gasteiger partial charge in [0.05, 0.1) is 12.7 Å². The second-order valence-electron chi connectivity index (χ2n) is 10.7. The molecule has 0 saturated carbocycles. The largest absolute Gasteiger partial charge is 0.508 e. The molecule has 1 heterocycles. The zero-order valence-corrected chi connectivity index (χ0v) is 24.4. The molecule has 0 spiro atoms. The van der Waals surface area contributed by atoms with E-state index >= 15 is 0 Å². The second-order valence-corrected chi connectivity index (χ2v) is 10.7. The second kappa shape index (κ2) is 19.3. The Kier molecular flexibility index (Phi) is 16.2. The van der Waals surface area contributed by atoms with Crippen LogP contribution in [0.2, 0.25) is 0 Å². The summed E-state index contributed by atoms with van der Waals surface area (Å²) in [5.41, 5.74) is -3.09. The highest BCUT2D eigenvalue weighted by molar-refractivity contribution is 6.21. The van der Waals surface area contributed by atoms with Crippen LogP contribution in [0.25, 0.3) is 0 Å². The van der Waals surface area contributed by atoms with Crippen molar-refractivity contribution in [3.8, 4) is 11.5 Å². The van der Waals surface area contributed by atoms with E-state index in [0.717, 1.165) is 55.6 Å². The summed E-state index contributed by atoms with van der Waals surface area (Å²) in [4.78, 5) is 38.8. The third-order valence-corrected chi connectivity index (χ3v) is 7.49. The number of carboxylic acid groups (broad SMARTS) is 3. The van der Waals surface area contributed by atoms with Crippen LogP contribution < -0.4 is 15.4 Å². The van der Waals surface area contributed by atoms with Gasteiger partial charge in [0.2, 0.25) is 0 Å². The van der Waals surface area contributed by atoms with Crippen LogP contribution in [0, 0.1) is 0 Å². The van der Waals surface area contributed by atoms with Crippen molar-refractivity contribution in [1.29, 1.82) is 0 Å². The fourth-order valence-electron chi connectivity index (χ4n) is 5.05. The Morgan fingerprint density at radius 3 is 1.90 bits per heavy atom. The predicted octanol–water partition coefficient (Wildman–Crippen LogP) is 1.04. The number of nitrogens with zero attached hydrogens (tertiary/aromatic N) is 2. The molecule has 0 amide bonds. The molecule has 0 radical (unpaired) electrons. The van der Waals surface area contributed by atoms with Crippen molar-refractivity contribution in [2.45, 2.75) is 63.0 Å². The predicted molar refractivity (Wildman–Crippen MR) is 156 cm³/mol. The van der Waals surface area contributed by atoms with Gasteiger partial charge in [-0.2, -0.15) is 0 Å². The number of aliphatic hydroxyl groups is 1. The van der Waals surface area contributed by atoms with E-state index in [-0.39, 0.29) is 31.9 Å². The maximum atomic E-state index is 12.0. The Bertz CT molecular complexity index is 911. The van der Waals surface area contributed by atoms with Crippen molar-refractivity contribution < 1.29 is 44.7 Å². The fourth-order valence-corrected chi connectivity index (χ4v) is 5.05. The summed E-state index contributed by atoms with van der Waals surface area (Å²) < 4.78 is 5.66. The van der Waals surface area contributed by atoms with Gasteiger partial charge in [0.1, 0.15) is 11.5 Å². The standard InChI is InChI=1S/C29H48N4O9/c34-23-9-11-25(12-10-23)42-21-7-5-3-1-2-4-6-8-24(35)22-32-17-15-30-13-14-31-16-18-33(20-19-32)29(26(36)37,27(38)39)28(40)41/h9-12,24,30-31,34-35H,1-8,13-22H2,(H,36,37)(H,38,39)(H,40,41). The Hall–Kier alpha value is -2.97. The van der Waals surface area contributed by atoms with E-state index in [1.807, 2.05) is 4.90 Å². The first-order valence-corrected chi connectivity index (χ1v) is 14.9. The van der Waals surface area contributed by atoms with Crippen LogP contribution in [0.1, 0.15) is 51.4 Å². The molecule has 238 valence electrons. The number of carbonyl (C=O) groups is 3. The van der Waals surface area contributed by atoms with Crippen molar-refractivity contribution >= 4 is 17.9 Å². The molecule has 1 atom stereocenters. The summed E-state index contributed by atoms with van der Waals surface area (Å²) in [6, 6.07) is 6.69. The van der Waals surface area contributed by atoms with Crippen LogP contribution in [0.4, 0.5) is 0 Å². The average molecular weight is 597 g/mol. The Balaban J connectivity index is 1.73. The number of rotatable bonds is 17. The first-order valence-electron chi connectivity index (χ1n) is 14.9. The first kappa shape index (κ1) is 35.2. The zero-order chi connectivity index (χ0) is 30.8. The van der Waals surface area contributed by atoms with Gasteiger partial charge >= 0.3 is 23.4 Å². The van der Waals surface area contributed by atoms with E-state index in [1.54, 1.807) is 24.3 Å². The molecule has 1 unspecified atom stereocenters. The van der Waals surface area contributed by atoms with Crippen LogP contribution in [0.15, 0.2) is 24.3 Å². The van der Waals surface area contributed by atoms with Gasteiger partial charge in [-0.25, -0.2) is 14.4 Å². The van der Waals surface area contributed by atoms with Crippen molar-refractivity contribution in [2.75, 3.05) is 65.5 Å². The molecular formula is C29H48N4O9. The fraction of sp³-hybridized carbons (Fsp3) is 0.690. The molecule has 1 fully saturated rings. The number of aliphatic carboxylic acids is 3. The van der Waals surface area contributed by atoms with Crippen LogP contribution in [0.3, 0.4) is 0 Å². The number of phenols is 1. The lowest BCUT2D eigenvalue weighted by molar-refractivity contribution is -0.179. The van der Waals surface area contributed by atoms with E-state index in [1.165, 1.54) is 0 Å². The number of ether oxygens (including phenoxy) is 1. The molecule has 1 saturated heterocycles. The molecule has 7 N–H and O–H groups in total. The number of unbranched alkanes of at least 4 members (excludes halogenated alkanes) is 6. The van der Waals surface area contributed by atoms with Gasteiger partial charge in [0.25, 0.3) is 0 Å². The number of carboxylic acids is 3. The number of nitrogens with one attached hydrogen (secondary N) is 2. The number of hydrogen-bond acceptors (Lipinski definition) is 10. The molecule has 42 heavy (non-hydrogen) atoms. The normalized spacial score (nSPS) is 17.1. The average Bonchev–Trinajstić information content (AvgIpc) is 2.93. The topological polar surface area (TPSA) is 192 Å². The quantitative estimate of drug-likeness (QED) is 0.0998. The number of hydrogen-bond donors (Lipinski definition) is 7. The molecule has 0 aromatic heterocycles. The maximum absolute atomic E-state index is 12.0. The van der Waals surface area contributed by atoms with Gasteiger partial charge in [-0.1, -0.05) is 38.5 Å². The number of phenolic OH excluding ortho intramolecular Hbond substituents is 1. The molecular weight excluding hydrogens is 548 g/mol. The minimum atomic E-state index is -3.09. The van der Waals surface area contributed by atoms with Crippen LogP contribution in [0.5, 0.6) is 11.5 Å². The molecule has 0 bridgehead atoms. The van der Waals surface area contributed by atoms with Crippen molar-refractivity contribution in [3.63, 3.8) is 0 Å². The SMILES string of the molecule is O=C(O)C(C(=O)O)(C(=O)O)N1CCNCCNCCN(CC(O)CCCCCCCCCOc2ccc(O)cc2)CC1. The summed E-state index contributed by atoms with van der Waals surface area (Å²) in [6.07, 6.45) is 7.21. The monoisotopic (exact) mass is 596 g/mol. The molecule has 0 aliphatic carbocycles. The summed E-state index contributed by atoms with van der Waals surface area (Å²) >= 11 is 0. The highest BCUT2D eigenvalue weighted by Gasteiger charge is 2.59. The Morgan fingerprint density at radius 2 is 1.31 bits per heavy atom. The van der Waals surface area contributed by atoms with Crippen molar-refractivity contribution in [3.05, 3.63) is 24.3 Å². The van der Waals surface area contributed by atoms with E-state index < -0.39 is 29.6 Å². The molecule has 1 aliphatic rings.